The van der Waals surface area contributed by atoms with E-state index in [4.69, 9.17) is 56.3 Å². The minimum absolute atomic E-state index is 0.211. The van der Waals surface area contributed by atoms with Crippen LogP contribution in [0.15, 0.2) is 147 Å². The molecular weight excluding hydrogens is 1270 g/mol. The second-order valence-corrected chi connectivity index (χ2v) is 20.7. The Kier molecular flexibility index (Phi) is 23.4. The van der Waals surface area contributed by atoms with Crippen molar-refractivity contribution in [2.24, 2.45) is 0 Å². The molecule has 12 aromatic heterocycles. The number of nitrogens with zero attached hydrogens (tertiary/aromatic N) is 11. The number of fused-ring (bicyclic) bond motifs is 6. The fourth-order valence-corrected chi connectivity index (χ4v) is 9.19. The van der Waals surface area contributed by atoms with Crippen LogP contribution >= 0.6 is 57.4 Å². The number of aryl methyl sites for hydroxylation is 1. The lowest BCUT2D eigenvalue weighted by molar-refractivity contribution is -0.603. The minimum Gasteiger partial charge on any atom is -0.619 e. The van der Waals surface area contributed by atoms with E-state index in [0.717, 1.165) is 97.4 Å². The van der Waals surface area contributed by atoms with Crippen molar-refractivity contribution in [3.63, 3.8) is 0 Å². The number of aromatic nitrogens is 12. The molecule has 0 atom stereocenters. The Morgan fingerprint density at radius 3 is 1.75 bits per heavy atom. The standard InChI is InChI=1S/C16H13N5.C13H15IN2O2.C8H6ClN3.C8H5ClN2O.C8H5ClN2.C4H8O2.C2H4O3/c1-9-13(12-3-2-6-20-16(12)21-9)14-10-4-8-19-15(17)11(10)5-7-18-14;1-8-10(14)9-6-5-7-15-11(9)16(8)12(17)18-13(2,3)4;9-7-5-1-4-12-8(10)6(5)2-3-11-7;9-8-7-2-4-11(12)5-6(7)1-3-10-8;9-8-7-2-3-10-5-6(7)1-4-11-8;1-3-6-4(2)5;1-2(3)5-4/h2-8H,1H3,(H2,17,19)(H,20,21);5-7H,1-4H3;1-4H,(H2,10,12);1-5H;1-5H;3H2,1-2H3;4H,1H3. The molecule has 0 fully saturated rings. The van der Waals surface area contributed by atoms with E-state index in [-0.39, 0.29) is 12.1 Å². The number of pyridine rings is 10. The number of carbonyl (C=O) groups is 3. The van der Waals surface area contributed by atoms with Gasteiger partial charge in [-0.15, -0.1) is 0 Å². The molecule has 0 radical (unpaired) electrons. The van der Waals surface area contributed by atoms with Gasteiger partial charge in [-0.05, 0) is 131 Å². The summed E-state index contributed by atoms with van der Waals surface area (Å²) in [6.45, 7) is 14.2. The molecule has 0 saturated heterocycles. The summed E-state index contributed by atoms with van der Waals surface area (Å²) in [6.07, 6.45) is 19.4. The number of aromatic amines is 1. The van der Waals surface area contributed by atoms with E-state index in [1.54, 1.807) is 93.2 Å². The Hall–Kier alpha value is -9.01. The fraction of sp³-hybridized carbons (Fsp3) is 0.169. The molecule has 85 heavy (non-hydrogen) atoms. The third-order valence-electron chi connectivity index (χ3n) is 11.5. The maximum Gasteiger partial charge on any atom is 0.420 e. The molecule has 0 spiro atoms. The van der Waals surface area contributed by atoms with E-state index < -0.39 is 11.6 Å². The number of nitrogen functional groups attached to an aromatic ring is 2. The number of carbonyl (C=O) groups excluding carboxylic acids is 3. The Labute approximate surface area is 515 Å². The van der Waals surface area contributed by atoms with Gasteiger partial charge in [0.2, 0.25) is 0 Å². The zero-order valence-corrected chi connectivity index (χ0v) is 51.4. The molecule has 6 N–H and O–H groups in total. The molecule has 0 aliphatic rings. The van der Waals surface area contributed by atoms with Crippen LogP contribution in [0.2, 0.25) is 15.5 Å². The normalized spacial score (nSPS) is 10.5. The van der Waals surface area contributed by atoms with Gasteiger partial charge in [0.1, 0.15) is 38.3 Å². The highest BCUT2D eigenvalue weighted by Crippen LogP contribution is 2.35. The van der Waals surface area contributed by atoms with Crippen molar-refractivity contribution < 1.29 is 38.7 Å². The van der Waals surface area contributed by atoms with Gasteiger partial charge in [-0.3, -0.25) is 14.8 Å². The minimum atomic E-state index is -0.690. The number of nitrogens with one attached hydrogen (secondary N) is 1. The Morgan fingerprint density at radius 1 is 0.659 bits per heavy atom. The first-order valence-corrected chi connectivity index (χ1v) is 27.6. The second-order valence-electron chi connectivity index (χ2n) is 18.6. The van der Waals surface area contributed by atoms with Crippen molar-refractivity contribution in [3.05, 3.63) is 183 Å². The molecule has 12 rings (SSSR count). The lowest BCUT2D eigenvalue weighted by atomic mass is 10.0. The summed E-state index contributed by atoms with van der Waals surface area (Å²) < 4.78 is 13.1. The van der Waals surface area contributed by atoms with Gasteiger partial charge in [-0.25, -0.2) is 49.0 Å². The average Bonchev–Trinajstić information content (AvgIpc) is 3.24. The van der Waals surface area contributed by atoms with E-state index >= 15 is 0 Å². The molecular formula is C59H56Cl3IN14O8. The van der Waals surface area contributed by atoms with Crippen molar-refractivity contribution in [3.8, 4) is 11.3 Å². The molecule has 22 nitrogen and oxygen atoms in total. The molecule has 0 unspecified atom stereocenters. The van der Waals surface area contributed by atoms with Crippen LogP contribution in [0.4, 0.5) is 16.4 Å². The number of nitrogens with two attached hydrogens (primary N) is 2. The van der Waals surface area contributed by atoms with E-state index in [1.807, 2.05) is 83.1 Å². The molecule has 0 amide bonds. The number of H-pyrrole nitrogens is 1. The highest BCUT2D eigenvalue weighted by Gasteiger charge is 2.24. The highest BCUT2D eigenvalue weighted by molar-refractivity contribution is 14.1. The smallest absolute Gasteiger partial charge is 0.420 e. The van der Waals surface area contributed by atoms with Crippen molar-refractivity contribution in [2.45, 2.75) is 61.0 Å². The highest BCUT2D eigenvalue weighted by atomic mass is 127. The monoisotopic (exact) mass is 1320 g/mol. The second kappa shape index (κ2) is 30.5. The summed E-state index contributed by atoms with van der Waals surface area (Å²) in [4.78, 5) is 74.8. The summed E-state index contributed by atoms with van der Waals surface area (Å²) >= 11 is 19.7. The third-order valence-corrected chi connectivity index (χ3v) is 13.7. The van der Waals surface area contributed by atoms with Gasteiger partial charge >= 0.3 is 18.0 Å². The van der Waals surface area contributed by atoms with Gasteiger partial charge in [0, 0.05) is 151 Å². The Bertz CT molecular complexity index is 4250. The lowest BCUT2D eigenvalue weighted by Crippen LogP contribution is -2.27. The van der Waals surface area contributed by atoms with E-state index in [0.29, 0.717) is 39.3 Å². The van der Waals surface area contributed by atoms with Crippen molar-refractivity contribution in [1.82, 2.24) is 54.4 Å². The van der Waals surface area contributed by atoms with E-state index in [9.17, 15) is 19.6 Å². The number of hydrogen-bond acceptors (Lipinski definition) is 19. The summed E-state index contributed by atoms with van der Waals surface area (Å²) in [6, 6.07) is 22.4. The number of hydrogen-bond donors (Lipinski definition) is 4. The molecule has 0 bridgehead atoms. The summed E-state index contributed by atoms with van der Waals surface area (Å²) in [5.41, 5.74) is 16.5. The molecule has 12 heterocycles. The first kappa shape index (κ1) is 65.1. The quantitative estimate of drug-likeness (QED) is 0.0183. The van der Waals surface area contributed by atoms with Gasteiger partial charge in [0.25, 0.3) is 0 Å². The Balaban J connectivity index is 0.000000166. The predicted molar refractivity (Wildman–Crippen MR) is 339 cm³/mol. The van der Waals surface area contributed by atoms with Crippen LogP contribution < -0.4 is 16.2 Å². The van der Waals surface area contributed by atoms with Crippen LogP contribution in [0.3, 0.4) is 0 Å². The molecule has 12 aromatic rings. The van der Waals surface area contributed by atoms with E-state index in [1.165, 1.54) is 23.9 Å². The average molecular weight is 1320 g/mol. The van der Waals surface area contributed by atoms with Gasteiger partial charge in [0.05, 0.1) is 17.7 Å². The number of ether oxygens (including phenoxy) is 2. The van der Waals surface area contributed by atoms with Crippen molar-refractivity contribution in [1.29, 1.82) is 0 Å². The SMILES string of the molecule is CC(=O)OO.CCOC(C)=O.Cc1[nH]c2ncccc2c1-c1nccc2c(N)nccc12.Cc1c(I)c2cccnc2n1C(=O)OC(C)(C)C.Clc1nccc2cnccc12.Nc1nccc2c(Cl)nccc12.[O-][n+]1ccc2c(Cl)nccc2c1. The number of anilines is 2. The topological polar surface area (TPSA) is 315 Å². The third kappa shape index (κ3) is 17.5. The zero-order chi connectivity index (χ0) is 62.0. The molecule has 0 saturated carbocycles. The maximum atomic E-state index is 12.2. The fourth-order valence-electron chi connectivity index (χ4n) is 7.85. The number of rotatable bonds is 2. The number of esters is 1. The maximum absolute atomic E-state index is 12.2. The summed E-state index contributed by atoms with van der Waals surface area (Å²) in [7, 11) is 0. The molecule has 0 aliphatic carbocycles. The largest absolute Gasteiger partial charge is 0.619 e. The predicted octanol–water partition coefficient (Wildman–Crippen LogP) is 13.1. The van der Waals surface area contributed by atoms with Gasteiger partial charge in [-0.2, -0.15) is 9.99 Å². The van der Waals surface area contributed by atoms with Crippen LogP contribution in [-0.2, 0) is 24.0 Å². The number of halogens is 4. The van der Waals surface area contributed by atoms with Crippen LogP contribution in [0, 0.1) is 22.6 Å². The molecule has 0 aliphatic heterocycles. The van der Waals surface area contributed by atoms with Crippen LogP contribution in [0.1, 0.15) is 52.9 Å². The molecule has 26 heteroatoms. The van der Waals surface area contributed by atoms with Gasteiger partial charge < -0.3 is 36.0 Å². The molecule has 438 valence electrons. The van der Waals surface area contributed by atoms with Crippen LogP contribution in [-0.4, -0.2) is 89.9 Å². The van der Waals surface area contributed by atoms with Gasteiger partial charge in [-0.1, -0.05) is 34.8 Å². The first-order valence-electron chi connectivity index (χ1n) is 25.4. The lowest BCUT2D eigenvalue weighted by Gasteiger charge is -2.20. The summed E-state index contributed by atoms with van der Waals surface area (Å²) in [5, 5.41) is 28.8. The van der Waals surface area contributed by atoms with Crippen molar-refractivity contribution >= 4 is 152 Å². The Morgan fingerprint density at radius 2 is 1.18 bits per heavy atom. The van der Waals surface area contributed by atoms with Crippen molar-refractivity contribution in [2.75, 3.05) is 18.1 Å². The van der Waals surface area contributed by atoms with Gasteiger partial charge in [0.15, 0.2) is 18.0 Å². The first-order chi connectivity index (χ1) is 40.5. The molecule has 0 aromatic carbocycles. The van der Waals surface area contributed by atoms with Crippen LogP contribution in [0.5, 0.6) is 0 Å². The van der Waals surface area contributed by atoms with Crippen LogP contribution in [0.25, 0.3) is 76.4 Å². The van der Waals surface area contributed by atoms with E-state index in [2.05, 4.69) is 82.1 Å². The summed E-state index contributed by atoms with van der Waals surface area (Å²) in [5.74, 6) is 0.103. The zero-order valence-electron chi connectivity index (χ0n) is 47.0.